The number of hydrogen-bond donors (Lipinski definition) is 1. The molecule has 1 aromatic heterocycles. The molecule has 0 bridgehead atoms. The first-order valence-corrected chi connectivity index (χ1v) is 12.5. The van der Waals surface area contributed by atoms with Gasteiger partial charge in [0.1, 0.15) is 5.01 Å². The van der Waals surface area contributed by atoms with Crippen LogP contribution in [-0.2, 0) is 16.1 Å². The van der Waals surface area contributed by atoms with Crippen LogP contribution in [0.25, 0.3) is 10.6 Å². The first-order chi connectivity index (χ1) is 16.5. The minimum absolute atomic E-state index is 0.112. The summed E-state index contributed by atoms with van der Waals surface area (Å²) >= 11 is 8.04. The van der Waals surface area contributed by atoms with Gasteiger partial charge in [-0.1, -0.05) is 29.8 Å². The zero-order valence-electron chi connectivity index (χ0n) is 19.2. The van der Waals surface area contributed by atoms with Gasteiger partial charge in [-0.05, 0) is 23.8 Å². The number of amides is 1. The fourth-order valence-corrected chi connectivity index (χ4v) is 5.26. The third-order valence-electron chi connectivity index (χ3n) is 5.89. The molecule has 5 rings (SSSR count). The van der Waals surface area contributed by atoms with E-state index >= 15 is 0 Å². The van der Waals surface area contributed by atoms with Gasteiger partial charge in [-0.25, -0.2) is 4.98 Å². The third kappa shape index (κ3) is 5.00. The summed E-state index contributed by atoms with van der Waals surface area (Å²) in [6.45, 7) is 4.26. The zero-order valence-corrected chi connectivity index (χ0v) is 20.7. The van der Waals surface area contributed by atoms with Crippen LogP contribution in [0, 0.1) is 0 Å². The third-order valence-corrected chi connectivity index (χ3v) is 7.13. The largest absolute Gasteiger partial charge is 0.379 e. The van der Waals surface area contributed by atoms with Crippen LogP contribution in [0.4, 0.5) is 17.1 Å². The summed E-state index contributed by atoms with van der Waals surface area (Å²) in [6, 6.07) is 11.8. The second-order valence-corrected chi connectivity index (χ2v) is 9.88. The predicted molar refractivity (Wildman–Crippen MR) is 139 cm³/mol. The Bertz CT molecular complexity index is 1250. The van der Waals surface area contributed by atoms with Crippen molar-refractivity contribution in [2.75, 3.05) is 50.6 Å². The lowest BCUT2D eigenvalue weighted by Crippen LogP contribution is -2.35. The van der Waals surface area contributed by atoms with Crippen LogP contribution in [0.1, 0.15) is 17.7 Å². The van der Waals surface area contributed by atoms with Crippen molar-refractivity contribution < 1.29 is 9.53 Å². The van der Waals surface area contributed by atoms with Crippen LogP contribution < -0.4 is 10.2 Å². The van der Waals surface area contributed by atoms with Crippen molar-refractivity contribution in [3.63, 3.8) is 0 Å². The summed E-state index contributed by atoms with van der Waals surface area (Å²) in [5.41, 5.74) is 5.89. The highest BCUT2D eigenvalue weighted by Crippen LogP contribution is 2.38. The number of nitrogens with one attached hydrogen (secondary N) is 1. The van der Waals surface area contributed by atoms with Gasteiger partial charge in [0.15, 0.2) is 0 Å². The van der Waals surface area contributed by atoms with E-state index in [0.29, 0.717) is 16.4 Å². The normalized spacial score (nSPS) is 16.4. The fourth-order valence-electron chi connectivity index (χ4n) is 4.12. The molecule has 1 N–H and O–H groups in total. The van der Waals surface area contributed by atoms with Crippen molar-refractivity contribution in [2.24, 2.45) is 4.99 Å². The summed E-state index contributed by atoms with van der Waals surface area (Å²) in [4.78, 5) is 26.7. The molecule has 1 saturated heterocycles. The molecule has 0 aliphatic carbocycles. The van der Waals surface area contributed by atoms with Crippen molar-refractivity contribution in [1.29, 1.82) is 0 Å². The number of nitrogens with zero attached hydrogens (tertiary/aromatic N) is 4. The van der Waals surface area contributed by atoms with Crippen LogP contribution in [-0.4, -0.2) is 61.9 Å². The fraction of sp³-hybridized carbons (Fsp3) is 0.320. The number of anilines is 2. The summed E-state index contributed by atoms with van der Waals surface area (Å²) < 4.78 is 5.44. The lowest BCUT2D eigenvalue weighted by molar-refractivity contribution is -0.115. The molecule has 7 nitrogen and oxygen atoms in total. The molecular formula is C25H26ClN5O2S. The van der Waals surface area contributed by atoms with Gasteiger partial charge in [0.2, 0.25) is 5.91 Å². The Hall–Kier alpha value is -2.78. The van der Waals surface area contributed by atoms with E-state index in [4.69, 9.17) is 26.3 Å². The standard InChI is InChI=1S/C25H26ClN5O2S/c1-30(2)23-12-22-21(11-19(23)26)29-24(32)13-20(28-22)16-4-3-5-17(10-16)25-27-18(15-34-25)14-31-6-8-33-9-7-31/h3-5,10-12,15H,6-9,13-14H2,1-2H3,(H,29,32). The topological polar surface area (TPSA) is 70.1 Å². The number of morpholine rings is 1. The maximum Gasteiger partial charge on any atom is 0.230 e. The number of aromatic nitrogens is 1. The van der Waals surface area contributed by atoms with E-state index in [0.717, 1.165) is 66.1 Å². The Kier molecular flexibility index (Phi) is 6.65. The Morgan fingerprint density at radius 3 is 2.76 bits per heavy atom. The summed E-state index contributed by atoms with van der Waals surface area (Å²) in [7, 11) is 3.86. The molecule has 176 valence electrons. The minimum atomic E-state index is -0.112. The smallest absolute Gasteiger partial charge is 0.230 e. The van der Waals surface area contributed by atoms with Crippen LogP contribution in [0.15, 0.2) is 46.8 Å². The Balaban J connectivity index is 1.44. The number of ether oxygens (including phenoxy) is 1. The van der Waals surface area contributed by atoms with E-state index in [9.17, 15) is 4.79 Å². The molecule has 9 heteroatoms. The van der Waals surface area contributed by atoms with Gasteiger partial charge in [-0.3, -0.25) is 14.7 Å². The maximum atomic E-state index is 12.6. The molecule has 0 spiro atoms. The number of rotatable bonds is 5. The van der Waals surface area contributed by atoms with Crippen molar-refractivity contribution in [2.45, 2.75) is 13.0 Å². The monoisotopic (exact) mass is 495 g/mol. The maximum absolute atomic E-state index is 12.6. The van der Waals surface area contributed by atoms with Gasteiger partial charge in [0.25, 0.3) is 0 Å². The van der Waals surface area contributed by atoms with Gasteiger partial charge in [-0.2, -0.15) is 0 Å². The highest BCUT2D eigenvalue weighted by molar-refractivity contribution is 7.13. The summed E-state index contributed by atoms with van der Waals surface area (Å²) in [5, 5.41) is 6.59. The molecule has 0 saturated carbocycles. The second-order valence-electron chi connectivity index (χ2n) is 8.61. The van der Waals surface area contributed by atoms with Crippen LogP contribution >= 0.6 is 22.9 Å². The molecule has 34 heavy (non-hydrogen) atoms. The number of aliphatic imine (C=N–C) groups is 1. The first-order valence-electron chi connectivity index (χ1n) is 11.2. The molecule has 2 aliphatic heterocycles. The average molecular weight is 496 g/mol. The minimum Gasteiger partial charge on any atom is -0.379 e. The molecule has 3 heterocycles. The number of fused-ring (bicyclic) bond motifs is 1. The van der Waals surface area contributed by atoms with E-state index in [2.05, 4.69) is 27.7 Å². The van der Waals surface area contributed by atoms with Crippen LogP contribution in [0.2, 0.25) is 5.02 Å². The van der Waals surface area contributed by atoms with E-state index < -0.39 is 0 Å². The molecule has 2 aliphatic rings. The highest BCUT2D eigenvalue weighted by atomic mass is 35.5. The van der Waals surface area contributed by atoms with E-state index in [1.165, 1.54) is 0 Å². The van der Waals surface area contributed by atoms with Crippen molar-refractivity contribution in [1.82, 2.24) is 9.88 Å². The summed E-state index contributed by atoms with van der Waals surface area (Å²) in [5.74, 6) is -0.112. The van der Waals surface area contributed by atoms with Gasteiger partial charge in [-0.15, -0.1) is 11.3 Å². The number of benzene rings is 2. The first kappa shape index (κ1) is 23.0. The van der Waals surface area contributed by atoms with E-state index in [-0.39, 0.29) is 12.3 Å². The van der Waals surface area contributed by atoms with Crippen LogP contribution in [0.3, 0.4) is 0 Å². The number of halogens is 1. The molecule has 1 amide bonds. The SMILES string of the molecule is CN(C)c1cc2c(cc1Cl)NC(=O)CC(c1cccc(-c3nc(CN4CCOCC4)cs3)c1)=N2. The van der Waals surface area contributed by atoms with Gasteiger partial charge in [0.05, 0.1) is 53.1 Å². The number of hydrogen-bond acceptors (Lipinski definition) is 7. The molecule has 0 atom stereocenters. The number of thiazole rings is 1. The Morgan fingerprint density at radius 1 is 1.18 bits per heavy atom. The van der Waals surface area contributed by atoms with E-state index in [1.807, 2.05) is 37.2 Å². The molecule has 2 aromatic carbocycles. The lowest BCUT2D eigenvalue weighted by atomic mass is 10.0. The van der Waals surface area contributed by atoms with Gasteiger partial charge < -0.3 is 15.0 Å². The lowest BCUT2D eigenvalue weighted by Gasteiger charge is -2.25. The summed E-state index contributed by atoms with van der Waals surface area (Å²) in [6.07, 6.45) is 0.188. The predicted octanol–water partition coefficient (Wildman–Crippen LogP) is 4.82. The Labute approximate surface area is 208 Å². The quantitative estimate of drug-likeness (QED) is 0.549. The number of carbonyl (C=O) groups is 1. The van der Waals surface area contributed by atoms with Crippen molar-refractivity contribution >= 4 is 51.6 Å². The molecule has 0 radical (unpaired) electrons. The van der Waals surface area contributed by atoms with Gasteiger partial charge >= 0.3 is 0 Å². The zero-order chi connectivity index (χ0) is 23.7. The molecule has 0 unspecified atom stereocenters. The average Bonchev–Trinajstić information content (AvgIpc) is 3.22. The second kappa shape index (κ2) is 9.84. The molecule has 3 aromatic rings. The van der Waals surface area contributed by atoms with Gasteiger partial charge in [0, 0.05) is 44.7 Å². The van der Waals surface area contributed by atoms with E-state index in [1.54, 1.807) is 17.4 Å². The highest BCUT2D eigenvalue weighted by Gasteiger charge is 2.20. The Morgan fingerprint density at radius 2 is 1.97 bits per heavy atom. The van der Waals surface area contributed by atoms with Crippen molar-refractivity contribution in [3.05, 3.63) is 58.1 Å². The van der Waals surface area contributed by atoms with Crippen LogP contribution in [0.5, 0.6) is 0 Å². The molecular weight excluding hydrogens is 470 g/mol. The number of carbonyl (C=O) groups excluding carboxylic acids is 1. The molecule has 1 fully saturated rings. The van der Waals surface area contributed by atoms with Crippen molar-refractivity contribution in [3.8, 4) is 10.6 Å².